The van der Waals surface area contributed by atoms with Gasteiger partial charge in [0.2, 0.25) is 11.8 Å². The number of piperazine rings is 2. The maximum atomic E-state index is 15.1. The fourth-order valence-electron chi connectivity index (χ4n) is 10.2. The fraction of sp³-hybridized carbons (Fsp3) is 0.617. The van der Waals surface area contributed by atoms with Crippen LogP contribution in [-0.4, -0.2) is 148 Å². The largest absolute Gasteiger partial charge is 0.444 e. The minimum absolute atomic E-state index is 0.0240. The minimum atomic E-state index is -0.655. The molecule has 0 spiro atoms. The lowest BCUT2D eigenvalue weighted by atomic mass is 9.70. The van der Waals surface area contributed by atoms with Crippen LogP contribution in [0.2, 0.25) is 0 Å². The van der Waals surface area contributed by atoms with Crippen LogP contribution >= 0.6 is 0 Å². The summed E-state index contributed by atoms with van der Waals surface area (Å²) in [7, 11) is 0. The van der Waals surface area contributed by atoms with E-state index in [9.17, 15) is 24.0 Å². The Labute approximate surface area is 368 Å². The van der Waals surface area contributed by atoms with Crippen molar-refractivity contribution in [1.82, 2.24) is 40.4 Å². The summed E-state index contributed by atoms with van der Waals surface area (Å²) in [6, 6.07) is 11.0. The van der Waals surface area contributed by atoms with Gasteiger partial charge in [-0.2, -0.15) is 5.10 Å². The molecule has 4 aliphatic heterocycles. The first-order chi connectivity index (χ1) is 30.2. The molecule has 2 saturated carbocycles. The van der Waals surface area contributed by atoms with Crippen LogP contribution in [0.25, 0.3) is 10.8 Å². The molecular formula is C47H63FN8O7. The second-order valence-corrected chi connectivity index (χ2v) is 19.5. The monoisotopic (exact) mass is 870 g/mol. The van der Waals surface area contributed by atoms with Gasteiger partial charge in [0.05, 0.1) is 40.9 Å². The SMILES string of the molecule is CC(C)(C)OC(=O)N[C@@H](C(=O)NC12CCC(CN3CCN(CC(=O)N4CCN(C(=O)c5cc(Cc6n[nH]c(=O)c7ccccc67)ccc5F)CC4)CC3)(CC1)OC2)C1CCCCC1. The third-order valence-electron chi connectivity index (χ3n) is 13.9. The predicted octanol–water partition coefficient (Wildman–Crippen LogP) is 4.23. The maximum Gasteiger partial charge on any atom is 0.408 e. The van der Waals surface area contributed by atoms with Gasteiger partial charge in [-0.15, -0.1) is 0 Å². The summed E-state index contributed by atoms with van der Waals surface area (Å²) in [5.41, 5.74) is -0.349. The van der Waals surface area contributed by atoms with Gasteiger partial charge >= 0.3 is 6.09 Å². The molecule has 3 N–H and O–H groups in total. The number of alkyl carbamates (subject to hydrolysis) is 1. The summed E-state index contributed by atoms with van der Waals surface area (Å²) in [6.45, 7) is 11.6. The molecule has 5 heterocycles. The van der Waals surface area contributed by atoms with E-state index >= 15 is 4.39 Å². The number of amides is 4. The molecule has 6 aliphatic rings. The summed E-state index contributed by atoms with van der Waals surface area (Å²) in [5.74, 6) is -1.06. The third kappa shape index (κ3) is 10.6. The Kier molecular flexibility index (Phi) is 13.2. The molecule has 0 radical (unpaired) electrons. The molecule has 3 aromatic rings. The second-order valence-electron chi connectivity index (χ2n) is 19.5. The lowest BCUT2D eigenvalue weighted by Gasteiger charge is -2.55. The number of nitrogens with one attached hydrogen (secondary N) is 3. The molecule has 15 nitrogen and oxygen atoms in total. The topological polar surface area (TPSA) is 170 Å². The van der Waals surface area contributed by atoms with Crippen LogP contribution in [0.4, 0.5) is 9.18 Å². The number of benzene rings is 2. The molecule has 2 aromatic carbocycles. The van der Waals surface area contributed by atoms with Gasteiger partial charge in [-0.1, -0.05) is 43.5 Å². The summed E-state index contributed by atoms with van der Waals surface area (Å²) < 4.78 is 27.2. The summed E-state index contributed by atoms with van der Waals surface area (Å²) in [4.78, 5) is 74.0. The molecule has 16 heteroatoms. The van der Waals surface area contributed by atoms with E-state index in [2.05, 4.69) is 30.6 Å². The van der Waals surface area contributed by atoms with Crippen LogP contribution in [0.1, 0.15) is 100 Å². The van der Waals surface area contributed by atoms with Gasteiger partial charge in [0, 0.05) is 70.7 Å². The van der Waals surface area contributed by atoms with Gasteiger partial charge in [0.15, 0.2) is 0 Å². The van der Waals surface area contributed by atoms with E-state index in [0.717, 1.165) is 90.5 Å². The first kappa shape index (κ1) is 44.7. The van der Waals surface area contributed by atoms with Gasteiger partial charge < -0.3 is 29.9 Å². The average Bonchev–Trinajstić information content (AvgIpc) is 3.28. The van der Waals surface area contributed by atoms with Crippen LogP contribution in [-0.2, 0) is 25.5 Å². The highest BCUT2D eigenvalue weighted by atomic mass is 19.1. The van der Waals surface area contributed by atoms with E-state index in [0.29, 0.717) is 67.8 Å². The first-order valence-electron chi connectivity index (χ1n) is 22.9. The Hall–Kier alpha value is -4.93. The summed E-state index contributed by atoms with van der Waals surface area (Å²) in [5, 5.41) is 14.3. The van der Waals surface area contributed by atoms with Gasteiger partial charge in [0.1, 0.15) is 17.5 Å². The Morgan fingerprint density at radius 1 is 0.889 bits per heavy atom. The number of fused-ring (bicyclic) bond motifs is 4. The average molecular weight is 871 g/mol. The van der Waals surface area contributed by atoms with Gasteiger partial charge in [-0.3, -0.25) is 29.0 Å². The van der Waals surface area contributed by atoms with Crippen LogP contribution in [0.15, 0.2) is 47.3 Å². The molecule has 0 unspecified atom stereocenters. The Morgan fingerprint density at radius 2 is 1.56 bits per heavy atom. The minimum Gasteiger partial charge on any atom is -0.444 e. The standard InChI is InChI=1S/C47H63FN8O7/c1-45(2,3)63-44(61)49-40(33-9-5-4-6-10-33)42(59)50-46-15-17-47(18-16-46,62-31-46)30-54-21-19-53(20-22-54)29-39(57)55-23-25-56(26-24-55)43(60)36-27-32(13-14-37(36)48)28-38-34-11-7-8-12-35(34)41(58)52-51-38/h7-8,11-14,27,33,40H,4-6,9-10,15-26,28-31H2,1-3H3,(H,49,61)(H,50,59)(H,52,58)/t40-,46?,47?/m1/s1. The van der Waals surface area contributed by atoms with Crippen LogP contribution in [0.3, 0.4) is 0 Å². The Bertz CT molecular complexity index is 2200. The smallest absolute Gasteiger partial charge is 0.408 e. The van der Waals surface area contributed by atoms with E-state index in [1.54, 1.807) is 34.1 Å². The van der Waals surface area contributed by atoms with Crippen molar-refractivity contribution >= 4 is 34.6 Å². The van der Waals surface area contributed by atoms with Crippen LogP contribution in [0.5, 0.6) is 0 Å². The van der Waals surface area contributed by atoms with Crippen molar-refractivity contribution in [3.63, 3.8) is 0 Å². The normalized spacial score (nSPS) is 24.3. The van der Waals surface area contributed by atoms with Crippen molar-refractivity contribution in [2.75, 3.05) is 72.1 Å². The molecule has 9 rings (SSSR count). The number of carbonyl (C=O) groups is 4. The van der Waals surface area contributed by atoms with Crippen molar-refractivity contribution in [2.45, 2.75) is 108 Å². The van der Waals surface area contributed by atoms with E-state index in [-0.39, 0.29) is 34.5 Å². The maximum absolute atomic E-state index is 15.1. The van der Waals surface area contributed by atoms with E-state index in [1.165, 1.54) is 6.07 Å². The van der Waals surface area contributed by atoms with E-state index in [4.69, 9.17) is 9.47 Å². The Balaban J connectivity index is 0.771. The molecule has 340 valence electrons. The molecule has 1 atom stereocenters. The number of carbonyl (C=O) groups excluding carboxylic acids is 4. The number of ether oxygens (including phenoxy) is 2. The lowest BCUT2D eigenvalue weighted by molar-refractivity contribution is -0.176. The van der Waals surface area contributed by atoms with Crippen LogP contribution in [0, 0.1) is 11.7 Å². The van der Waals surface area contributed by atoms with Crippen LogP contribution < -0.4 is 16.2 Å². The van der Waals surface area contributed by atoms with E-state index < -0.39 is 35.0 Å². The van der Waals surface area contributed by atoms with Gasteiger partial charge in [-0.25, -0.2) is 14.3 Å². The first-order valence-corrected chi connectivity index (χ1v) is 22.9. The summed E-state index contributed by atoms with van der Waals surface area (Å²) >= 11 is 0. The number of H-pyrrole nitrogens is 1. The Morgan fingerprint density at radius 3 is 2.22 bits per heavy atom. The molecule has 4 saturated heterocycles. The lowest BCUT2D eigenvalue weighted by Crippen LogP contribution is -2.67. The molecule has 63 heavy (non-hydrogen) atoms. The van der Waals surface area contributed by atoms with Gasteiger partial charge in [-0.05, 0) is 89.0 Å². The van der Waals surface area contributed by atoms with Crippen molar-refractivity contribution in [1.29, 1.82) is 0 Å². The van der Waals surface area contributed by atoms with Crippen molar-refractivity contribution in [3.8, 4) is 0 Å². The quantitative estimate of drug-likeness (QED) is 0.254. The summed E-state index contributed by atoms with van der Waals surface area (Å²) in [6.07, 6.45) is 8.15. The van der Waals surface area contributed by atoms with E-state index in [1.807, 2.05) is 32.9 Å². The van der Waals surface area contributed by atoms with Crippen molar-refractivity contribution in [3.05, 3.63) is 75.5 Å². The molecular weight excluding hydrogens is 808 g/mol. The number of nitrogens with zero attached hydrogens (tertiary/aromatic N) is 5. The number of aromatic nitrogens is 2. The molecule has 6 fully saturated rings. The predicted molar refractivity (Wildman–Crippen MR) is 235 cm³/mol. The molecule has 2 aliphatic carbocycles. The molecule has 1 aromatic heterocycles. The number of hydrogen-bond acceptors (Lipinski definition) is 10. The third-order valence-corrected chi connectivity index (χ3v) is 13.9. The fourth-order valence-corrected chi connectivity index (χ4v) is 10.2. The number of hydrogen-bond donors (Lipinski definition) is 3. The van der Waals surface area contributed by atoms with Crippen molar-refractivity contribution < 1.29 is 33.0 Å². The highest BCUT2D eigenvalue weighted by molar-refractivity contribution is 5.95. The van der Waals surface area contributed by atoms with Gasteiger partial charge in [0.25, 0.3) is 11.5 Å². The molecule has 4 amide bonds. The zero-order valence-electron chi connectivity index (χ0n) is 37.0. The second kappa shape index (κ2) is 18.7. The van der Waals surface area contributed by atoms with Crippen molar-refractivity contribution in [2.24, 2.45) is 5.92 Å². The highest BCUT2D eigenvalue weighted by Crippen LogP contribution is 2.44. The zero-order valence-corrected chi connectivity index (χ0v) is 37.0. The molecule has 2 bridgehead atoms. The zero-order chi connectivity index (χ0) is 44.4. The number of halogens is 1. The number of aromatic amines is 1. The number of rotatable bonds is 11. The highest BCUT2D eigenvalue weighted by Gasteiger charge is 2.52.